The summed E-state index contributed by atoms with van der Waals surface area (Å²) >= 11 is 3.93. The molecule has 0 bridgehead atoms. The lowest BCUT2D eigenvalue weighted by Gasteiger charge is -2.10. The van der Waals surface area contributed by atoms with E-state index >= 15 is 0 Å². The fraction of sp³-hybridized carbons (Fsp3) is 0.0769. The first-order valence-electron chi connectivity index (χ1n) is 5.04. The first-order chi connectivity index (χ1) is 7.84. The first kappa shape index (κ1) is 12.0. The summed E-state index contributed by atoms with van der Waals surface area (Å²) in [5.74, 6) is 0. The minimum Gasteiger partial charge on any atom is -0.0871 e. The zero-order valence-corrected chi connectivity index (χ0v) is 11.6. The van der Waals surface area contributed by atoms with E-state index in [0.29, 0.717) is 0 Å². The molecule has 0 fully saturated rings. The molecule has 0 amide bonds. The molecule has 0 spiro atoms. The van der Waals surface area contributed by atoms with Crippen LogP contribution in [0.3, 0.4) is 0 Å². The van der Waals surface area contributed by atoms with Crippen LogP contribution >= 0.6 is 29.1 Å². The maximum absolute atomic E-state index is 2.31. The Bertz CT molecular complexity index is 375. The van der Waals surface area contributed by atoms with Gasteiger partial charge in [-0.1, -0.05) is 59.2 Å². The number of benzene rings is 2. The molecule has 0 aliphatic carbocycles. The summed E-state index contributed by atoms with van der Waals surface area (Å²) in [6.45, 7) is 2.31. The molecule has 0 aliphatic rings. The van der Waals surface area contributed by atoms with Gasteiger partial charge in [0.1, 0.15) is 0 Å². The summed E-state index contributed by atoms with van der Waals surface area (Å²) in [6, 6.07) is 21.2. The van der Waals surface area contributed by atoms with Crippen molar-refractivity contribution < 1.29 is 0 Å². The molecule has 0 radical (unpaired) electrons. The highest BCUT2D eigenvalue weighted by Crippen LogP contribution is 2.63. The van der Waals surface area contributed by atoms with Gasteiger partial charge in [0.05, 0.1) is 0 Å². The molecule has 16 heavy (non-hydrogen) atoms. The van der Waals surface area contributed by atoms with Crippen LogP contribution in [0.15, 0.2) is 70.5 Å². The van der Waals surface area contributed by atoms with Gasteiger partial charge in [-0.3, -0.25) is 0 Å². The van der Waals surface area contributed by atoms with Gasteiger partial charge in [0.15, 0.2) is 0 Å². The van der Waals surface area contributed by atoms with E-state index in [1.165, 1.54) is 9.79 Å². The van der Waals surface area contributed by atoms with Crippen LogP contribution in [0.25, 0.3) is 0 Å². The Labute approximate surface area is 106 Å². The molecule has 0 heterocycles. The standard InChI is InChI=1S/C13H13PS2/c1-14(15-12-8-4-2-5-9-12)16-13-10-6-3-7-11-13/h2-11H,1H3. The molecule has 2 rings (SSSR count). The third-order valence-corrected chi connectivity index (χ3v) is 7.58. The Balaban J connectivity index is 1.92. The predicted molar refractivity (Wildman–Crippen MR) is 77.4 cm³/mol. The van der Waals surface area contributed by atoms with Crippen molar-refractivity contribution in [2.45, 2.75) is 9.79 Å². The Morgan fingerprint density at radius 1 is 0.688 bits per heavy atom. The second kappa shape index (κ2) is 6.34. The van der Waals surface area contributed by atoms with E-state index in [0.717, 1.165) is 0 Å². The van der Waals surface area contributed by atoms with Crippen LogP contribution in [0.5, 0.6) is 0 Å². The van der Waals surface area contributed by atoms with E-state index < -0.39 is 0 Å². The first-order valence-corrected chi connectivity index (χ1v) is 9.67. The number of hydrogen-bond acceptors (Lipinski definition) is 2. The Hall–Kier alpha value is -0.430. The third-order valence-electron chi connectivity index (χ3n) is 1.95. The van der Waals surface area contributed by atoms with E-state index in [1.54, 1.807) is 0 Å². The lowest BCUT2D eigenvalue weighted by Crippen LogP contribution is -1.68. The van der Waals surface area contributed by atoms with E-state index in [1.807, 2.05) is 22.8 Å². The molecule has 0 N–H and O–H groups in total. The summed E-state index contributed by atoms with van der Waals surface area (Å²) in [5, 5.41) is 0. The van der Waals surface area contributed by atoms with Crippen LogP contribution in [-0.2, 0) is 0 Å². The SMILES string of the molecule is CP(Sc1ccccc1)Sc1ccccc1. The average molecular weight is 264 g/mol. The van der Waals surface area contributed by atoms with Crippen LogP contribution in [0, 0.1) is 0 Å². The highest BCUT2D eigenvalue weighted by atomic mass is 33.1. The van der Waals surface area contributed by atoms with E-state index in [2.05, 4.69) is 67.3 Å². The largest absolute Gasteiger partial charge is 0.0871 e. The van der Waals surface area contributed by atoms with Gasteiger partial charge in [-0.05, 0) is 30.9 Å². The lowest BCUT2D eigenvalue weighted by molar-refractivity contribution is 1.48. The summed E-state index contributed by atoms with van der Waals surface area (Å²) in [7, 11) is 0. The normalized spacial score (nSPS) is 10.6. The molecule has 0 saturated heterocycles. The van der Waals surface area contributed by atoms with Crippen molar-refractivity contribution in [2.24, 2.45) is 0 Å². The Kier molecular flexibility index (Phi) is 4.77. The quantitative estimate of drug-likeness (QED) is 0.667. The summed E-state index contributed by atoms with van der Waals surface area (Å²) in [5.41, 5.74) is 0. The smallest absolute Gasteiger partial charge is 0.0199 e. The molecule has 0 nitrogen and oxygen atoms in total. The van der Waals surface area contributed by atoms with Gasteiger partial charge in [0.2, 0.25) is 0 Å². The predicted octanol–water partition coefficient (Wildman–Crippen LogP) is 5.51. The molecule has 2 aromatic carbocycles. The van der Waals surface area contributed by atoms with Crippen molar-refractivity contribution in [3.8, 4) is 0 Å². The van der Waals surface area contributed by atoms with Gasteiger partial charge in [-0.25, -0.2) is 0 Å². The van der Waals surface area contributed by atoms with Crippen LogP contribution < -0.4 is 0 Å². The third kappa shape index (κ3) is 3.86. The molecule has 2 aromatic rings. The van der Waals surface area contributed by atoms with Crippen molar-refractivity contribution in [1.82, 2.24) is 0 Å². The van der Waals surface area contributed by atoms with Gasteiger partial charge in [-0.15, -0.1) is 0 Å². The fourth-order valence-electron chi connectivity index (χ4n) is 1.28. The summed E-state index contributed by atoms with van der Waals surface area (Å²) in [4.78, 5) is 2.72. The van der Waals surface area contributed by atoms with Crippen LogP contribution in [0.4, 0.5) is 0 Å². The van der Waals surface area contributed by atoms with Gasteiger partial charge in [-0.2, -0.15) is 0 Å². The molecule has 3 heteroatoms. The van der Waals surface area contributed by atoms with E-state index in [4.69, 9.17) is 0 Å². The van der Waals surface area contributed by atoms with Crippen LogP contribution in [-0.4, -0.2) is 6.66 Å². The molecular weight excluding hydrogens is 251 g/mol. The van der Waals surface area contributed by atoms with Crippen molar-refractivity contribution in [3.63, 3.8) is 0 Å². The highest BCUT2D eigenvalue weighted by Gasteiger charge is 2.05. The molecule has 0 atom stereocenters. The topological polar surface area (TPSA) is 0 Å². The van der Waals surface area contributed by atoms with E-state index in [9.17, 15) is 0 Å². The summed E-state index contributed by atoms with van der Waals surface area (Å²) < 4.78 is 0. The molecule has 0 unspecified atom stereocenters. The fourth-order valence-corrected chi connectivity index (χ4v) is 6.97. The van der Waals surface area contributed by atoms with Crippen LogP contribution in [0.1, 0.15) is 0 Å². The minimum absolute atomic E-state index is 0.0998. The number of rotatable bonds is 4. The zero-order valence-electron chi connectivity index (χ0n) is 9.04. The Morgan fingerprint density at radius 3 is 1.44 bits per heavy atom. The van der Waals surface area contributed by atoms with Crippen molar-refractivity contribution in [2.75, 3.05) is 6.66 Å². The number of hydrogen-bond donors (Lipinski definition) is 0. The lowest BCUT2D eigenvalue weighted by atomic mass is 10.4. The molecule has 0 aromatic heterocycles. The molecular formula is C13H13PS2. The van der Waals surface area contributed by atoms with Gasteiger partial charge < -0.3 is 0 Å². The molecule has 82 valence electrons. The molecule has 0 saturated carbocycles. The van der Waals surface area contributed by atoms with Gasteiger partial charge in [0.25, 0.3) is 0 Å². The summed E-state index contributed by atoms with van der Waals surface area (Å²) in [6.07, 6.45) is -0.0998. The van der Waals surface area contributed by atoms with E-state index in [-0.39, 0.29) is 6.33 Å². The Morgan fingerprint density at radius 2 is 1.06 bits per heavy atom. The van der Waals surface area contributed by atoms with Crippen molar-refractivity contribution in [1.29, 1.82) is 0 Å². The second-order valence-corrected chi connectivity index (χ2v) is 10.5. The van der Waals surface area contributed by atoms with Crippen LogP contribution in [0.2, 0.25) is 0 Å². The highest BCUT2D eigenvalue weighted by molar-refractivity contribution is 8.88. The maximum Gasteiger partial charge on any atom is 0.0199 e. The average Bonchev–Trinajstić information content (AvgIpc) is 2.31. The minimum atomic E-state index is -0.0998. The van der Waals surface area contributed by atoms with Crippen molar-refractivity contribution >= 4 is 29.1 Å². The van der Waals surface area contributed by atoms with Crippen molar-refractivity contribution in [3.05, 3.63) is 60.7 Å². The second-order valence-electron chi connectivity index (χ2n) is 3.25. The van der Waals surface area contributed by atoms with Gasteiger partial charge in [0, 0.05) is 16.1 Å². The monoisotopic (exact) mass is 264 g/mol. The van der Waals surface area contributed by atoms with Gasteiger partial charge >= 0.3 is 0 Å². The molecule has 0 aliphatic heterocycles. The zero-order chi connectivity index (χ0) is 11.2. The maximum atomic E-state index is 2.31.